The van der Waals surface area contributed by atoms with Gasteiger partial charge < -0.3 is 15.4 Å². The summed E-state index contributed by atoms with van der Waals surface area (Å²) in [6, 6.07) is 0. The highest BCUT2D eigenvalue weighted by Crippen LogP contribution is 2.20. The van der Waals surface area contributed by atoms with Crippen molar-refractivity contribution in [2.24, 2.45) is 5.92 Å². The molecule has 2 heterocycles. The zero-order valence-corrected chi connectivity index (χ0v) is 10.7. The molecule has 0 spiro atoms. The van der Waals surface area contributed by atoms with Gasteiger partial charge in [0.15, 0.2) is 0 Å². The van der Waals surface area contributed by atoms with Gasteiger partial charge in [-0.1, -0.05) is 11.3 Å². The van der Waals surface area contributed by atoms with Crippen LogP contribution in [-0.4, -0.2) is 42.4 Å². The molecule has 17 heavy (non-hydrogen) atoms. The van der Waals surface area contributed by atoms with Crippen molar-refractivity contribution in [3.8, 4) is 0 Å². The molecule has 0 aliphatic carbocycles. The zero-order valence-electron chi connectivity index (χ0n) is 9.90. The molecule has 0 aromatic carbocycles. The van der Waals surface area contributed by atoms with E-state index in [4.69, 9.17) is 4.74 Å². The lowest BCUT2D eigenvalue weighted by Crippen LogP contribution is -2.31. The Labute approximate surface area is 104 Å². The van der Waals surface area contributed by atoms with E-state index in [0.29, 0.717) is 22.6 Å². The second-order valence-electron chi connectivity index (χ2n) is 4.00. The average Bonchev–Trinajstić information content (AvgIpc) is 2.94. The number of hydrogen-bond acceptors (Lipinski definition) is 6. The highest BCUT2D eigenvalue weighted by atomic mass is 32.1. The van der Waals surface area contributed by atoms with E-state index < -0.39 is 0 Å². The van der Waals surface area contributed by atoms with Crippen LogP contribution in [0.15, 0.2) is 0 Å². The lowest BCUT2D eigenvalue weighted by Gasteiger charge is -2.13. The van der Waals surface area contributed by atoms with Crippen molar-refractivity contribution in [3.63, 3.8) is 0 Å². The molecule has 1 aromatic rings. The van der Waals surface area contributed by atoms with Gasteiger partial charge in [0.25, 0.3) is 5.91 Å². The number of carbonyl (C=O) groups excluding carboxylic acids is 1. The highest BCUT2D eigenvalue weighted by molar-refractivity contribution is 7.17. The van der Waals surface area contributed by atoms with Crippen molar-refractivity contribution in [1.82, 2.24) is 15.5 Å². The largest absolute Gasteiger partial charge is 0.378 e. The predicted molar refractivity (Wildman–Crippen MR) is 65.3 cm³/mol. The van der Waals surface area contributed by atoms with Crippen LogP contribution in [0.1, 0.15) is 23.1 Å². The number of rotatable bonds is 4. The second-order valence-corrected chi connectivity index (χ2v) is 4.97. The number of nitrogens with zero attached hydrogens (tertiary/aromatic N) is 2. The van der Waals surface area contributed by atoms with Crippen LogP contribution in [0.3, 0.4) is 0 Å². The maximum Gasteiger partial charge on any atom is 0.282 e. The molecule has 94 valence electrons. The van der Waals surface area contributed by atoms with Crippen LogP contribution in [0, 0.1) is 5.92 Å². The summed E-state index contributed by atoms with van der Waals surface area (Å²) in [4.78, 5) is 11.8. The first-order valence-corrected chi connectivity index (χ1v) is 6.43. The first-order chi connectivity index (χ1) is 8.20. The summed E-state index contributed by atoms with van der Waals surface area (Å²) in [6.45, 7) is 3.45. The monoisotopic (exact) mass is 256 g/mol. The molecular weight excluding hydrogens is 240 g/mol. The molecular formula is C10H16N4O2S. The Hall–Kier alpha value is -1.21. The Balaban J connectivity index is 1.84. The summed E-state index contributed by atoms with van der Waals surface area (Å²) in [5.41, 5.74) is 0. The normalized spacial score (nSPS) is 23.6. The standard InChI is InChI=1S/C10H16N4O2S/c1-6-7(3-4-16-6)5-12-8(15)9-13-14-10(11-2)17-9/h6-7H,3-5H2,1-2H3,(H,11,14)(H,12,15). The Kier molecular flexibility index (Phi) is 3.90. The Morgan fingerprint density at radius 1 is 1.59 bits per heavy atom. The molecule has 7 heteroatoms. The van der Waals surface area contributed by atoms with E-state index in [-0.39, 0.29) is 12.0 Å². The third kappa shape index (κ3) is 2.92. The fourth-order valence-electron chi connectivity index (χ4n) is 1.76. The number of carbonyl (C=O) groups is 1. The SMILES string of the molecule is CNc1nnc(C(=O)NCC2CCOC2C)s1. The Bertz CT molecular complexity index is 395. The fourth-order valence-corrected chi connectivity index (χ4v) is 2.37. The van der Waals surface area contributed by atoms with Gasteiger partial charge in [0, 0.05) is 26.1 Å². The first-order valence-electron chi connectivity index (χ1n) is 5.61. The molecule has 2 rings (SSSR count). The van der Waals surface area contributed by atoms with E-state index in [1.165, 1.54) is 11.3 Å². The summed E-state index contributed by atoms with van der Waals surface area (Å²) in [6.07, 6.45) is 1.22. The molecule has 2 atom stereocenters. The van der Waals surface area contributed by atoms with Gasteiger partial charge in [0.2, 0.25) is 10.1 Å². The quantitative estimate of drug-likeness (QED) is 0.830. The minimum absolute atomic E-state index is 0.164. The van der Waals surface area contributed by atoms with E-state index in [9.17, 15) is 4.79 Å². The molecule has 1 saturated heterocycles. The number of hydrogen-bond donors (Lipinski definition) is 2. The molecule has 1 amide bonds. The van der Waals surface area contributed by atoms with Gasteiger partial charge in [-0.15, -0.1) is 10.2 Å². The molecule has 6 nitrogen and oxygen atoms in total. The number of anilines is 1. The zero-order chi connectivity index (χ0) is 12.3. The first kappa shape index (κ1) is 12.3. The molecule has 1 aliphatic heterocycles. The van der Waals surface area contributed by atoms with Gasteiger partial charge in [-0.05, 0) is 13.3 Å². The van der Waals surface area contributed by atoms with Crippen molar-refractivity contribution < 1.29 is 9.53 Å². The van der Waals surface area contributed by atoms with Crippen molar-refractivity contribution in [3.05, 3.63) is 5.01 Å². The third-order valence-corrected chi connectivity index (χ3v) is 3.83. The van der Waals surface area contributed by atoms with Crippen molar-refractivity contribution in [2.75, 3.05) is 25.5 Å². The Morgan fingerprint density at radius 3 is 3.00 bits per heavy atom. The van der Waals surface area contributed by atoms with Gasteiger partial charge in [-0.2, -0.15) is 0 Å². The van der Waals surface area contributed by atoms with E-state index in [1.54, 1.807) is 7.05 Å². The van der Waals surface area contributed by atoms with Gasteiger partial charge >= 0.3 is 0 Å². The Morgan fingerprint density at radius 2 is 2.41 bits per heavy atom. The fraction of sp³-hybridized carbons (Fsp3) is 0.700. The van der Waals surface area contributed by atoms with Gasteiger partial charge in [-0.3, -0.25) is 4.79 Å². The van der Waals surface area contributed by atoms with Crippen LogP contribution >= 0.6 is 11.3 Å². The lowest BCUT2D eigenvalue weighted by atomic mass is 10.0. The van der Waals surface area contributed by atoms with E-state index in [0.717, 1.165) is 13.0 Å². The molecule has 1 aromatic heterocycles. The summed E-state index contributed by atoms with van der Waals surface area (Å²) in [7, 11) is 1.75. The summed E-state index contributed by atoms with van der Waals surface area (Å²) in [5, 5.41) is 14.4. The minimum Gasteiger partial charge on any atom is -0.378 e. The highest BCUT2D eigenvalue weighted by Gasteiger charge is 2.25. The average molecular weight is 256 g/mol. The van der Waals surface area contributed by atoms with Crippen molar-refractivity contribution >= 4 is 22.4 Å². The smallest absolute Gasteiger partial charge is 0.282 e. The molecule has 0 radical (unpaired) electrons. The van der Waals surface area contributed by atoms with Gasteiger partial charge in [-0.25, -0.2) is 0 Å². The molecule has 1 fully saturated rings. The predicted octanol–water partition coefficient (Wildman–Crippen LogP) is 0.735. The van der Waals surface area contributed by atoms with Crippen LogP contribution in [0.2, 0.25) is 0 Å². The van der Waals surface area contributed by atoms with E-state index in [2.05, 4.69) is 20.8 Å². The van der Waals surface area contributed by atoms with Crippen LogP contribution in [0.4, 0.5) is 5.13 Å². The van der Waals surface area contributed by atoms with Crippen LogP contribution in [0.25, 0.3) is 0 Å². The second kappa shape index (κ2) is 5.42. The molecule has 2 unspecified atom stereocenters. The van der Waals surface area contributed by atoms with Gasteiger partial charge in [0.05, 0.1) is 6.10 Å². The van der Waals surface area contributed by atoms with Crippen molar-refractivity contribution in [1.29, 1.82) is 0 Å². The number of aromatic nitrogens is 2. The molecule has 0 saturated carbocycles. The molecule has 2 N–H and O–H groups in total. The number of ether oxygens (including phenoxy) is 1. The summed E-state index contributed by atoms with van der Waals surface area (Å²) >= 11 is 1.25. The maximum atomic E-state index is 11.8. The van der Waals surface area contributed by atoms with Crippen LogP contribution in [-0.2, 0) is 4.74 Å². The third-order valence-electron chi connectivity index (χ3n) is 2.89. The molecule has 0 bridgehead atoms. The van der Waals surface area contributed by atoms with Crippen molar-refractivity contribution in [2.45, 2.75) is 19.4 Å². The topological polar surface area (TPSA) is 76.1 Å². The minimum atomic E-state index is -0.164. The number of amides is 1. The molecule has 1 aliphatic rings. The number of nitrogens with one attached hydrogen (secondary N) is 2. The van der Waals surface area contributed by atoms with Gasteiger partial charge in [0.1, 0.15) is 0 Å². The van der Waals surface area contributed by atoms with E-state index in [1.807, 2.05) is 6.92 Å². The summed E-state index contributed by atoms with van der Waals surface area (Å²) in [5.74, 6) is 0.235. The van der Waals surface area contributed by atoms with Crippen LogP contribution < -0.4 is 10.6 Å². The van der Waals surface area contributed by atoms with E-state index >= 15 is 0 Å². The lowest BCUT2D eigenvalue weighted by molar-refractivity contribution is 0.0906. The summed E-state index contributed by atoms with van der Waals surface area (Å²) < 4.78 is 5.44. The van der Waals surface area contributed by atoms with Crippen LogP contribution in [0.5, 0.6) is 0 Å². The maximum absolute atomic E-state index is 11.8.